The Labute approximate surface area is 73.2 Å². The van der Waals surface area contributed by atoms with Crippen LogP contribution in [0.4, 0.5) is 0 Å². The van der Waals surface area contributed by atoms with E-state index in [2.05, 4.69) is 15.1 Å². The highest BCUT2D eigenvalue weighted by atomic mass is 17.2. The van der Waals surface area contributed by atoms with Gasteiger partial charge in [-0.15, -0.1) is 0 Å². The molecule has 1 aliphatic rings. The van der Waals surface area contributed by atoms with E-state index >= 15 is 0 Å². The third-order valence-corrected chi connectivity index (χ3v) is 1.48. The molecular weight excluding hydrogens is 182 g/mol. The summed E-state index contributed by atoms with van der Waals surface area (Å²) in [5.74, 6) is -2.07. The van der Waals surface area contributed by atoms with E-state index in [1.165, 1.54) is 6.92 Å². The molecule has 0 aromatic heterocycles. The number of nitrogens with one attached hydrogen (secondary N) is 1. The molecule has 3 N–H and O–H groups in total. The van der Waals surface area contributed by atoms with Gasteiger partial charge in [-0.1, -0.05) is 0 Å². The average molecular weight is 191 g/mol. The van der Waals surface area contributed by atoms with Crippen molar-refractivity contribution < 1.29 is 29.6 Å². The van der Waals surface area contributed by atoms with Crippen molar-refractivity contribution in [3.8, 4) is 0 Å². The molecule has 0 spiro atoms. The molecule has 74 valence electrons. The van der Waals surface area contributed by atoms with Crippen molar-refractivity contribution in [3.63, 3.8) is 0 Å². The van der Waals surface area contributed by atoms with Gasteiger partial charge in [0.2, 0.25) is 6.23 Å². The fraction of sp³-hybridized carbons (Fsp3) is 0.667. The summed E-state index contributed by atoms with van der Waals surface area (Å²) in [5, 5.41) is 19.4. The van der Waals surface area contributed by atoms with Crippen LogP contribution in [0.2, 0.25) is 0 Å². The van der Waals surface area contributed by atoms with E-state index in [0.717, 1.165) is 0 Å². The number of rotatable bonds is 3. The number of carbonyl (C=O) groups is 2. The van der Waals surface area contributed by atoms with E-state index in [9.17, 15) is 9.59 Å². The first kappa shape index (κ1) is 9.90. The van der Waals surface area contributed by atoms with Gasteiger partial charge in [-0.25, -0.2) is 9.59 Å². The first-order valence-electron chi connectivity index (χ1n) is 3.50. The first-order valence-corrected chi connectivity index (χ1v) is 3.50. The molecule has 7 nitrogen and oxygen atoms in total. The molecule has 0 bridgehead atoms. The third kappa shape index (κ3) is 2.38. The Balaban J connectivity index is 2.53. The molecule has 0 aliphatic carbocycles. The molecular formula is C6H9NO6. The molecule has 7 heteroatoms. The smallest absolute Gasteiger partial charge is 0.348 e. The lowest BCUT2D eigenvalue weighted by Gasteiger charge is -2.21. The summed E-state index contributed by atoms with van der Waals surface area (Å²) in [4.78, 5) is 29.4. The molecule has 13 heavy (non-hydrogen) atoms. The molecule has 1 saturated heterocycles. The highest BCUT2D eigenvalue weighted by Gasteiger charge is 2.41. The number of aliphatic carboxylic acids is 1. The van der Waals surface area contributed by atoms with Crippen molar-refractivity contribution in [1.29, 1.82) is 0 Å². The summed E-state index contributed by atoms with van der Waals surface area (Å²) >= 11 is 0. The van der Waals surface area contributed by atoms with Crippen LogP contribution in [-0.4, -0.2) is 34.1 Å². The molecule has 0 unspecified atom stereocenters. The van der Waals surface area contributed by atoms with Crippen molar-refractivity contribution in [3.05, 3.63) is 0 Å². The van der Waals surface area contributed by atoms with E-state index in [1.54, 1.807) is 0 Å². The SMILES string of the molecule is C[C@@]1(N[C@@H](O)C(=O)O)CC(=O)OO1. The Kier molecular flexibility index (Phi) is 2.50. The monoisotopic (exact) mass is 191 g/mol. The second kappa shape index (κ2) is 3.29. The summed E-state index contributed by atoms with van der Waals surface area (Å²) in [5.41, 5.74) is -1.28. The Hall–Kier alpha value is -1.18. The average Bonchev–Trinajstić information content (AvgIpc) is 2.30. The minimum Gasteiger partial charge on any atom is -0.478 e. The lowest BCUT2D eigenvalue weighted by atomic mass is 10.2. The topological polar surface area (TPSA) is 105 Å². The van der Waals surface area contributed by atoms with Gasteiger partial charge >= 0.3 is 11.9 Å². The largest absolute Gasteiger partial charge is 0.478 e. The van der Waals surface area contributed by atoms with E-state index in [1.807, 2.05) is 0 Å². The Bertz CT molecular complexity index is 241. The van der Waals surface area contributed by atoms with Crippen LogP contribution in [0.1, 0.15) is 13.3 Å². The maximum absolute atomic E-state index is 10.6. The molecule has 0 saturated carbocycles. The molecule has 0 radical (unpaired) electrons. The Morgan fingerprint density at radius 1 is 1.77 bits per heavy atom. The minimum absolute atomic E-state index is 0.155. The van der Waals surface area contributed by atoms with Gasteiger partial charge in [0.05, 0.1) is 6.42 Å². The molecule has 1 fully saturated rings. The number of hydrogen-bond acceptors (Lipinski definition) is 6. The van der Waals surface area contributed by atoms with Crippen LogP contribution in [0, 0.1) is 0 Å². The van der Waals surface area contributed by atoms with Crippen LogP contribution in [0.5, 0.6) is 0 Å². The summed E-state index contributed by atoms with van der Waals surface area (Å²) in [6.07, 6.45) is -1.95. The highest BCUT2D eigenvalue weighted by Crippen LogP contribution is 2.20. The lowest BCUT2D eigenvalue weighted by Crippen LogP contribution is -2.51. The van der Waals surface area contributed by atoms with E-state index in [0.29, 0.717) is 0 Å². The van der Waals surface area contributed by atoms with Crippen molar-refractivity contribution in [2.75, 3.05) is 0 Å². The normalized spacial score (nSPS) is 29.8. The molecule has 1 rings (SSSR count). The molecule has 2 atom stereocenters. The predicted molar refractivity (Wildman–Crippen MR) is 37.0 cm³/mol. The van der Waals surface area contributed by atoms with E-state index in [4.69, 9.17) is 10.2 Å². The molecule has 0 aromatic carbocycles. The fourth-order valence-corrected chi connectivity index (χ4v) is 0.899. The molecule has 0 aromatic rings. The van der Waals surface area contributed by atoms with Gasteiger partial charge in [0.25, 0.3) is 0 Å². The maximum atomic E-state index is 10.6. The zero-order valence-electron chi connectivity index (χ0n) is 6.81. The second-order valence-corrected chi connectivity index (χ2v) is 2.83. The van der Waals surface area contributed by atoms with Gasteiger partial charge in [-0.2, -0.15) is 4.89 Å². The number of carbonyl (C=O) groups excluding carboxylic acids is 1. The first-order chi connectivity index (χ1) is 5.93. The third-order valence-electron chi connectivity index (χ3n) is 1.48. The van der Waals surface area contributed by atoms with Crippen LogP contribution in [0.25, 0.3) is 0 Å². The van der Waals surface area contributed by atoms with Crippen LogP contribution < -0.4 is 5.32 Å². The Morgan fingerprint density at radius 2 is 2.38 bits per heavy atom. The highest BCUT2D eigenvalue weighted by molar-refractivity contribution is 5.73. The van der Waals surface area contributed by atoms with Crippen LogP contribution >= 0.6 is 0 Å². The minimum atomic E-state index is -1.79. The summed E-state index contributed by atoms with van der Waals surface area (Å²) in [7, 11) is 0. The summed E-state index contributed by atoms with van der Waals surface area (Å²) in [6.45, 7) is 1.39. The number of aliphatic hydroxyl groups is 1. The van der Waals surface area contributed by atoms with E-state index < -0.39 is 23.9 Å². The number of carboxylic acids is 1. The van der Waals surface area contributed by atoms with Crippen molar-refractivity contribution in [2.24, 2.45) is 0 Å². The van der Waals surface area contributed by atoms with Gasteiger partial charge < -0.3 is 10.2 Å². The molecule has 0 amide bonds. The van der Waals surface area contributed by atoms with Crippen molar-refractivity contribution >= 4 is 11.9 Å². The zero-order valence-corrected chi connectivity index (χ0v) is 6.81. The Morgan fingerprint density at radius 3 is 2.77 bits per heavy atom. The van der Waals surface area contributed by atoms with Gasteiger partial charge in [-0.3, -0.25) is 10.2 Å². The quantitative estimate of drug-likeness (QED) is 0.371. The van der Waals surface area contributed by atoms with E-state index in [-0.39, 0.29) is 6.42 Å². The van der Waals surface area contributed by atoms with Crippen LogP contribution in [-0.2, 0) is 19.4 Å². The molecule has 1 heterocycles. The lowest BCUT2D eigenvalue weighted by molar-refractivity contribution is -0.301. The number of carboxylic acid groups (broad SMARTS) is 1. The van der Waals surface area contributed by atoms with Crippen LogP contribution in [0.3, 0.4) is 0 Å². The van der Waals surface area contributed by atoms with Gasteiger partial charge in [0.1, 0.15) is 0 Å². The summed E-state index contributed by atoms with van der Waals surface area (Å²) in [6, 6.07) is 0. The number of aliphatic hydroxyl groups excluding tert-OH is 1. The second-order valence-electron chi connectivity index (χ2n) is 2.83. The van der Waals surface area contributed by atoms with Gasteiger partial charge in [-0.05, 0) is 6.92 Å². The standard InChI is InChI=1S/C6H9NO6/c1-6(2-3(8)12-13-6)7-4(9)5(10)11/h4,7,9H,2H2,1H3,(H,10,11)/t4-,6-/m0/s1. The van der Waals surface area contributed by atoms with Gasteiger partial charge in [0.15, 0.2) is 5.72 Å². The van der Waals surface area contributed by atoms with Crippen molar-refractivity contribution in [2.45, 2.75) is 25.3 Å². The van der Waals surface area contributed by atoms with Crippen molar-refractivity contribution in [1.82, 2.24) is 5.32 Å². The molecule has 1 aliphatic heterocycles. The maximum Gasteiger partial charge on any atom is 0.348 e. The zero-order chi connectivity index (χ0) is 10.1. The predicted octanol–water partition coefficient (Wildman–Crippen LogP) is -1.43. The number of hydrogen-bond donors (Lipinski definition) is 3. The fourth-order valence-electron chi connectivity index (χ4n) is 0.899. The summed E-state index contributed by atoms with van der Waals surface area (Å²) < 4.78 is 0. The van der Waals surface area contributed by atoms with Gasteiger partial charge in [0, 0.05) is 0 Å². The van der Waals surface area contributed by atoms with Crippen LogP contribution in [0.15, 0.2) is 0 Å².